The smallest absolute Gasteiger partial charge is 0.215 e. The Bertz CT molecular complexity index is 1270. The number of hydrogen-bond donors (Lipinski definition) is 1. The molecule has 0 radical (unpaired) electrons. The number of halogens is 2. The second-order valence-electron chi connectivity index (χ2n) is 6.40. The average Bonchev–Trinajstić information content (AvgIpc) is 3.23. The van der Waals surface area contributed by atoms with Gasteiger partial charge in [0.2, 0.25) is 15.0 Å². The number of aromatic nitrogens is 3. The van der Waals surface area contributed by atoms with Crippen molar-refractivity contribution in [3.8, 4) is 11.4 Å². The van der Waals surface area contributed by atoms with Crippen molar-refractivity contribution in [3.63, 3.8) is 0 Å². The predicted octanol–water partition coefficient (Wildman–Crippen LogP) is 3.40. The Morgan fingerprint density at radius 1 is 1.07 bits per heavy atom. The lowest BCUT2D eigenvalue weighted by Gasteiger charge is -2.06. The van der Waals surface area contributed by atoms with Gasteiger partial charge in [0.15, 0.2) is 5.82 Å². The van der Waals surface area contributed by atoms with Crippen LogP contribution in [0.2, 0.25) is 0 Å². The van der Waals surface area contributed by atoms with E-state index in [1.165, 1.54) is 41.7 Å². The molecule has 0 aliphatic rings. The van der Waals surface area contributed by atoms with Gasteiger partial charge in [0.1, 0.15) is 11.6 Å². The molecule has 29 heavy (non-hydrogen) atoms. The largest absolute Gasteiger partial charge is 0.215 e. The van der Waals surface area contributed by atoms with Gasteiger partial charge < -0.3 is 0 Å². The van der Waals surface area contributed by atoms with Crippen molar-refractivity contribution in [2.75, 3.05) is 6.54 Å². The predicted molar refractivity (Wildman–Crippen MR) is 107 cm³/mol. The number of rotatable bonds is 7. The Morgan fingerprint density at radius 2 is 1.83 bits per heavy atom. The van der Waals surface area contributed by atoms with Crippen molar-refractivity contribution in [3.05, 3.63) is 76.8 Å². The quantitative estimate of drug-likeness (QED) is 0.484. The van der Waals surface area contributed by atoms with Crippen LogP contribution >= 0.6 is 11.3 Å². The van der Waals surface area contributed by atoms with Gasteiger partial charge >= 0.3 is 0 Å². The van der Waals surface area contributed by atoms with Crippen LogP contribution in [0.5, 0.6) is 0 Å². The molecule has 1 N–H and O–H groups in total. The Kier molecular flexibility index (Phi) is 5.39. The zero-order chi connectivity index (χ0) is 20.4. The third-order valence-electron chi connectivity index (χ3n) is 4.18. The first-order chi connectivity index (χ1) is 13.9. The first kappa shape index (κ1) is 19.6. The number of fused-ring (bicyclic) bond motifs is 1. The van der Waals surface area contributed by atoms with Gasteiger partial charge in [-0.3, -0.25) is 0 Å². The van der Waals surface area contributed by atoms with Gasteiger partial charge in [0.05, 0.1) is 11.4 Å². The standard InChI is InChI=1S/C19H16F2N4O2S2/c20-15-5-1-3-13(9-15)12-29(26,27)22-8-7-17-11-28-19-23-18(24-25(17)19)14-4-2-6-16(21)10-14/h1-6,9-11,22H,7-8,12H2. The van der Waals surface area contributed by atoms with E-state index in [9.17, 15) is 17.2 Å². The van der Waals surface area contributed by atoms with Gasteiger partial charge in [-0.2, -0.15) is 4.98 Å². The Labute approximate surface area is 169 Å². The molecule has 4 aromatic rings. The van der Waals surface area contributed by atoms with Crippen LogP contribution in [0.25, 0.3) is 16.3 Å². The number of thiazole rings is 1. The molecule has 0 amide bonds. The molecule has 0 atom stereocenters. The van der Waals surface area contributed by atoms with E-state index >= 15 is 0 Å². The fourth-order valence-electron chi connectivity index (χ4n) is 2.88. The number of benzene rings is 2. The highest BCUT2D eigenvalue weighted by Gasteiger charge is 2.14. The summed E-state index contributed by atoms with van der Waals surface area (Å²) in [5, 5.41) is 6.26. The van der Waals surface area contributed by atoms with Gasteiger partial charge in [0.25, 0.3) is 0 Å². The molecule has 0 aliphatic heterocycles. The van der Waals surface area contributed by atoms with E-state index in [0.29, 0.717) is 28.3 Å². The number of nitrogens with zero attached hydrogens (tertiary/aromatic N) is 3. The van der Waals surface area contributed by atoms with Gasteiger partial charge in [-0.05, 0) is 29.8 Å². The van der Waals surface area contributed by atoms with Crippen molar-refractivity contribution < 1.29 is 17.2 Å². The monoisotopic (exact) mass is 434 g/mol. The van der Waals surface area contributed by atoms with Crippen molar-refractivity contribution in [1.82, 2.24) is 19.3 Å². The summed E-state index contributed by atoms with van der Waals surface area (Å²) in [6, 6.07) is 11.5. The summed E-state index contributed by atoms with van der Waals surface area (Å²) in [4.78, 5) is 5.04. The molecule has 0 saturated carbocycles. The molecule has 0 aliphatic carbocycles. The molecule has 2 aromatic carbocycles. The highest BCUT2D eigenvalue weighted by molar-refractivity contribution is 7.88. The molecule has 4 rings (SSSR count). The zero-order valence-electron chi connectivity index (χ0n) is 15.0. The molecule has 10 heteroatoms. The van der Waals surface area contributed by atoms with E-state index in [2.05, 4.69) is 14.8 Å². The molecular weight excluding hydrogens is 418 g/mol. The van der Waals surface area contributed by atoms with Crippen LogP contribution in [-0.4, -0.2) is 29.6 Å². The highest BCUT2D eigenvalue weighted by Crippen LogP contribution is 2.21. The highest BCUT2D eigenvalue weighted by atomic mass is 32.2. The van der Waals surface area contributed by atoms with E-state index in [1.807, 2.05) is 5.38 Å². The molecule has 6 nitrogen and oxygen atoms in total. The van der Waals surface area contributed by atoms with Gasteiger partial charge in [-0.15, -0.1) is 16.4 Å². The maximum atomic E-state index is 13.4. The number of hydrogen-bond acceptors (Lipinski definition) is 5. The lowest BCUT2D eigenvalue weighted by Crippen LogP contribution is -2.27. The normalized spacial score (nSPS) is 11.9. The summed E-state index contributed by atoms with van der Waals surface area (Å²) in [7, 11) is -3.60. The van der Waals surface area contributed by atoms with Crippen molar-refractivity contribution >= 4 is 26.3 Å². The second kappa shape index (κ2) is 7.97. The van der Waals surface area contributed by atoms with Crippen molar-refractivity contribution in [2.24, 2.45) is 0 Å². The summed E-state index contributed by atoms with van der Waals surface area (Å²) in [5.41, 5.74) is 1.74. The van der Waals surface area contributed by atoms with Crippen LogP contribution in [0.3, 0.4) is 0 Å². The molecular formula is C19H16F2N4O2S2. The van der Waals surface area contributed by atoms with Crippen LogP contribution in [-0.2, 0) is 22.2 Å². The molecule has 150 valence electrons. The van der Waals surface area contributed by atoms with Gasteiger partial charge in [-0.25, -0.2) is 26.4 Å². The zero-order valence-corrected chi connectivity index (χ0v) is 16.7. The Morgan fingerprint density at radius 3 is 2.59 bits per heavy atom. The second-order valence-corrected chi connectivity index (χ2v) is 9.04. The molecule has 0 saturated heterocycles. The first-order valence-corrected chi connectivity index (χ1v) is 11.2. The van der Waals surface area contributed by atoms with Crippen LogP contribution in [0, 0.1) is 11.6 Å². The summed E-state index contributed by atoms with van der Waals surface area (Å²) in [6.07, 6.45) is 0.397. The maximum absolute atomic E-state index is 13.4. The molecule has 2 aromatic heterocycles. The van der Waals surface area contributed by atoms with Gasteiger partial charge in [0, 0.05) is 23.9 Å². The number of sulfonamides is 1. The molecule has 0 spiro atoms. The molecule has 0 unspecified atom stereocenters. The minimum atomic E-state index is -3.60. The number of nitrogens with one attached hydrogen (secondary N) is 1. The minimum absolute atomic E-state index is 0.165. The van der Waals surface area contributed by atoms with Crippen LogP contribution in [0.15, 0.2) is 53.9 Å². The SMILES string of the molecule is O=S(=O)(Cc1cccc(F)c1)NCCc1csc2nc(-c3cccc(F)c3)nn12. The summed E-state index contributed by atoms with van der Waals surface area (Å²) in [6.45, 7) is 0.165. The Hall–Kier alpha value is -2.69. The van der Waals surface area contributed by atoms with Crippen LogP contribution in [0.4, 0.5) is 8.78 Å². The first-order valence-electron chi connectivity index (χ1n) is 8.70. The topological polar surface area (TPSA) is 76.4 Å². The van der Waals surface area contributed by atoms with Gasteiger partial charge in [-0.1, -0.05) is 24.3 Å². The van der Waals surface area contributed by atoms with E-state index in [0.717, 1.165) is 5.69 Å². The van der Waals surface area contributed by atoms with E-state index in [1.54, 1.807) is 22.7 Å². The fraction of sp³-hybridized carbons (Fsp3) is 0.158. The average molecular weight is 434 g/mol. The minimum Gasteiger partial charge on any atom is -0.215 e. The molecule has 0 bridgehead atoms. The third-order valence-corrected chi connectivity index (χ3v) is 6.40. The third kappa shape index (κ3) is 4.66. The van der Waals surface area contributed by atoms with E-state index < -0.39 is 15.8 Å². The maximum Gasteiger partial charge on any atom is 0.215 e. The van der Waals surface area contributed by atoms with Crippen LogP contribution < -0.4 is 4.72 Å². The summed E-state index contributed by atoms with van der Waals surface area (Å²) < 4.78 is 55.2. The molecule has 0 fully saturated rings. The van der Waals surface area contributed by atoms with Crippen molar-refractivity contribution in [2.45, 2.75) is 12.2 Å². The van der Waals surface area contributed by atoms with Crippen molar-refractivity contribution in [1.29, 1.82) is 0 Å². The van der Waals surface area contributed by atoms with E-state index in [-0.39, 0.29) is 18.1 Å². The Balaban J connectivity index is 1.43. The summed E-state index contributed by atoms with van der Waals surface area (Å²) >= 11 is 1.37. The molecule has 2 heterocycles. The lowest BCUT2D eigenvalue weighted by molar-refractivity contribution is 0.579. The fourth-order valence-corrected chi connectivity index (χ4v) is 4.87. The lowest BCUT2D eigenvalue weighted by atomic mass is 10.2. The van der Waals surface area contributed by atoms with Crippen LogP contribution in [0.1, 0.15) is 11.3 Å². The van der Waals surface area contributed by atoms with E-state index in [4.69, 9.17) is 0 Å². The summed E-state index contributed by atoms with van der Waals surface area (Å²) in [5.74, 6) is -0.729.